The molecule has 4 rings (SSSR count). The van der Waals surface area contributed by atoms with Crippen LogP contribution in [0.2, 0.25) is 10.2 Å². The van der Waals surface area contributed by atoms with Crippen LogP contribution in [0.4, 0.5) is 4.39 Å². The Kier molecular flexibility index (Phi) is 5.17. The molecule has 0 aliphatic rings. The van der Waals surface area contributed by atoms with Gasteiger partial charge in [0.15, 0.2) is 16.7 Å². The first-order valence-electron chi connectivity index (χ1n) is 8.44. The highest BCUT2D eigenvalue weighted by atomic mass is 35.5. The molecule has 0 N–H and O–H groups in total. The SMILES string of the molecule is Cc1c(Cc2ccnc(Cl)c2F)c(=O)oc2cc(Oc3cccnn3)c(Cl)cc12. The van der Waals surface area contributed by atoms with Crippen molar-refractivity contribution < 1.29 is 13.5 Å². The van der Waals surface area contributed by atoms with Crippen LogP contribution >= 0.6 is 23.2 Å². The van der Waals surface area contributed by atoms with Crippen LogP contribution in [0, 0.1) is 12.7 Å². The molecule has 3 aromatic heterocycles. The fourth-order valence-corrected chi connectivity index (χ4v) is 3.29. The summed E-state index contributed by atoms with van der Waals surface area (Å²) in [5.41, 5.74) is 0.866. The predicted octanol–water partition coefficient (Wildman–Crippen LogP) is 5.12. The van der Waals surface area contributed by atoms with Gasteiger partial charge in [0.25, 0.3) is 0 Å². The van der Waals surface area contributed by atoms with Gasteiger partial charge in [0.1, 0.15) is 5.58 Å². The number of benzene rings is 1. The number of nitrogens with zero attached hydrogens (tertiary/aromatic N) is 3. The highest BCUT2D eigenvalue weighted by Crippen LogP contribution is 2.34. The number of aromatic nitrogens is 3. The summed E-state index contributed by atoms with van der Waals surface area (Å²) in [6.45, 7) is 1.74. The number of ether oxygens (including phenoxy) is 1. The van der Waals surface area contributed by atoms with Gasteiger partial charge in [0, 0.05) is 41.9 Å². The summed E-state index contributed by atoms with van der Waals surface area (Å²) in [7, 11) is 0. The minimum absolute atomic E-state index is 0.00759. The van der Waals surface area contributed by atoms with Crippen LogP contribution in [0.25, 0.3) is 11.0 Å². The van der Waals surface area contributed by atoms with E-state index in [0.717, 1.165) is 0 Å². The first-order valence-corrected chi connectivity index (χ1v) is 9.20. The van der Waals surface area contributed by atoms with Gasteiger partial charge >= 0.3 is 5.63 Å². The zero-order chi connectivity index (χ0) is 20.5. The van der Waals surface area contributed by atoms with Gasteiger partial charge < -0.3 is 9.15 Å². The molecule has 0 unspecified atom stereocenters. The zero-order valence-corrected chi connectivity index (χ0v) is 16.5. The van der Waals surface area contributed by atoms with Gasteiger partial charge in [-0.3, -0.25) is 0 Å². The number of hydrogen-bond acceptors (Lipinski definition) is 6. The molecule has 9 heteroatoms. The first-order chi connectivity index (χ1) is 13.9. The predicted molar refractivity (Wildman–Crippen MR) is 106 cm³/mol. The van der Waals surface area contributed by atoms with Crippen LogP contribution in [0.3, 0.4) is 0 Å². The largest absolute Gasteiger partial charge is 0.436 e. The van der Waals surface area contributed by atoms with E-state index in [4.69, 9.17) is 32.4 Å². The van der Waals surface area contributed by atoms with Crippen LogP contribution in [-0.2, 0) is 6.42 Å². The maximum Gasteiger partial charge on any atom is 0.340 e. The molecule has 4 aromatic rings. The van der Waals surface area contributed by atoms with Crippen LogP contribution in [-0.4, -0.2) is 15.2 Å². The smallest absolute Gasteiger partial charge is 0.340 e. The van der Waals surface area contributed by atoms with Gasteiger partial charge in [-0.2, -0.15) is 5.10 Å². The first kappa shape index (κ1) is 19.3. The number of fused-ring (bicyclic) bond motifs is 1. The molecule has 6 nitrogen and oxygen atoms in total. The molecule has 0 amide bonds. The number of aryl methyl sites for hydroxylation is 1. The minimum atomic E-state index is -0.668. The van der Waals surface area contributed by atoms with Gasteiger partial charge in [-0.15, -0.1) is 5.10 Å². The zero-order valence-electron chi connectivity index (χ0n) is 14.9. The van der Waals surface area contributed by atoms with Crippen molar-refractivity contribution in [3.8, 4) is 11.6 Å². The molecule has 146 valence electrons. The lowest BCUT2D eigenvalue weighted by atomic mass is 10.00. The van der Waals surface area contributed by atoms with E-state index in [0.29, 0.717) is 21.5 Å². The minimum Gasteiger partial charge on any atom is -0.436 e. The fraction of sp³-hybridized carbons (Fsp3) is 0.100. The summed E-state index contributed by atoms with van der Waals surface area (Å²) in [6, 6.07) is 7.88. The normalized spacial score (nSPS) is 11.0. The highest BCUT2D eigenvalue weighted by molar-refractivity contribution is 6.32. The third-order valence-electron chi connectivity index (χ3n) is 4.40. The Labute approximate surface area is 173 Å². The van der Waals surface area contributed by atoms with Crippen molar-refractivity contribution in [1.29, 1.82) is 0 Å². The van der Waals surface area contributed by atoms with Crippen LogP contribution in [0.5, 0.6) is 11.6 Å². The Balaban J connectivity index is 1.78. The average Bonchev–Trinajstić information content (AvgIpc) is 2.70. The topological polar surface area (TPSA) is 78.1 Å². The Hall–Kier alpha value is -3.03. The summed E-state index contributed by atoms with van der Waals surface area (Å²) in [5, 5.41) is 8.21. The van der Waals surface area contributed by atoms with Gasteiger partial charge in [-0.25, -0.2) is 14.2 Å². The van der Waals surface area contributed by atoms with Crippen molar-refractivity contribution in [1.82, 2.24) is 15.2 Å². The van der Waals surface area contributed by atoms with E-state index in [1.807, 2.05) is 0 Å². The van der Waals surface area contributed by atoms with Gasteiger partial charge in [-0.05, 0) is 36.2 Å². The number of pyridine rings is 1. The molecule has 0 saturated heterocycles. The molecule has 1 aromatic carbocycles. The lowest BCUT2D eigenvalue weighted by Crippen LogP contribution is -2.12. The molecule has 29 heavy (non-hydrogen) atoms. The van der Waals surface area contributed by atoms with Gasteiger partial charge in [0.2, 0.25) is 5.88 Å². The van der Waals surface area contributed by atoms with Crippen molar-refractivity contribution in [3.05, 3.63) is 85.8 Å². The summed E-state index contributed by atoms with van der Waals surface area (Å²) in [5.74, 6) is -0.157. The number of halogens is 3. The summed E-state index contributed by atoms with van der Waals surface area (Å²) in [4.78, 5) is 16.3. The molecular formula is C20H12Cl2FN3O3. The van der Waals surface area contributed by atoms with Crippen LogP contribution < -0.4 is 10.4 Å². The molecule has 3 heterocycles. The Bertz CT molecular complexity index is 1280. The third-order valence-corrected chi connectivity index (χ3v) is 4.95. The molecule has 0 bridgehead atoms. The number of rotatable bonds is 4. The molecule has 0 aliphatic heterocycles. The van der Waals surface area contributed by atoms with Crippen LogP contribution in [0.1, 0.15) is 16.7 Å². The maximum atomic E-state index is 14.2. The van der Waals surface area contributed by atoms with Crippen molar-refractivity contribution in [2.45, 2.75) is 13.3 Å². The third kappa shape index (κ3) is 3.79. The molecule has 0 radical (unpaired) electrons. The fourth-order valence-electron chi connectivity index (χ4n) is 2.91. The number of hydrogen-bond donors (Lipinski definition) is 0. The van der Waals surface area contributed by atoms with Crippen molar-refractivity contribution in [2.24, 2.45) is 0 Å². The van der Waals surface area contributed by atoms with E-state index >= 15 is 0 Å². The highest BCUT2D eigenvalue weighted by Gasteiger charge is 2.17. The van der Waals surface area contributed by atoms with Gasteiger partial charge in [-0.1, -0.05) is 23.2 Å². The van der Waals surface area contributed by atoms with E-state index in [1.165, 1.54) is 24.5 Å². The van der Waals surface area contributed by atoms with E-state index in [-0.39, 0.29) is 34.3 Å². The van der Waals surface area contributed by atoms with E-state index < -0.39 is 11.4 Å². The van der Waals surface area contributed by atoms with E-state index in [2.05, 4.69) is 15.2 Å². The second-order valence-electron chi connectivity index (χ2n) is 6.19. The molecular weight excluding hydrogens is 420 g/mol. The van der Waals surface area contributed by atoms with Gasteiger partial charge in [0.05, 0.1) is 5.02 Å². The maximum absolute atomic E-state index is 14.2. The standard InChI is InChI=1S/C20H12Cl2FN3O3/c1-10-12-8-14(21)16(28-17-3-2-5-25-26-17)9-15(12)29-20(27)13(10)7-11-4-6-24-19(22)18(11)23/h2-6,8-9H,7H2,1H3. The Morgan fingerprint density at radius 2 is 2.03 bits per heavy atom. The van der Waals surface area contributed by atoms with E-state index in [1.54, 1.807) is 25.1 Å². The average molecular weight is 432 g/mol. The second kappa shape index (κ2) is 7.77. The van der Waals surface area contributed by atoms with E-state index in [9.17, 15) is 9.18 Å². The molecule has 0 fully saturated rings. The van der Waals surface area contributed by atoms with Crippen molar-refractivity contribution in [3.63, 3.8) is 0 Å². The summed E-state index contributed by atoms with van der Waals surface area (Å²) < 4.78 is 25.3. The molecule has 0 aliphatic carbocycles. The molecule has 0 saturated carbocycles. The molecule has 0 spiro atoms. The molecule has 0 atom stereocenters. The van der Waals surface area contributed by atoms with Crippen molar-refractivity contribution in [2.75, 3.05) is 0 Å². The lowest BCUT2D eigenvalue weighted by Gasteiger charge is -2.11. The second-order valence-corrected chi connectivity index (χ2v) is 6.95. The Morgan fingerprint density at radius 1 is 1.21 bits per heavy atom. The van der Waals surface area contributed by atoms with Crippen molar-refractivity contribution >= 4 is 34.2 Å². The quantitative estimate of drug-likeness (QED) is 0.329. The summed E-state index contributed by atoms with van der Waals surface area (Å²) >= 11 is 12.1. The Morgan fingerprint density at radius 3 is 2.79 bits per heavy atom. The van der Waals surface area contributed by atoms with Crippen LogP contribution in [0.15, 0.2) is 51.9 Å². The lowest BCUT2D eigenvalue weighted by molar-refractivity contribution is 0.454. The monoisotopic (exact) mass is 431 g/mol. The summed E-state index contributed by atoms with van der Waals surface area (Å²) in [6.07, 6.45) is 2.90.